The van der Waals surface area contributed by atoms with Crippen LogP contribution in [0.3, 0.4) is 0 Å². The third-order valence-corrected chi connectivity index (χ3v) is 11.4. The minimum absolute atomic E-state index is 0.0525. The van der Waals surface area contributed by atoms with Crippen molar-refractivity contribution < 1.29 is 19.7 Å². The third kappa shape index (κ3) is 2.74. The van der Waals surface area contributed by atoms with E-state index >= 15 is 0 Å². The van der Waals surface area contributed by atoms with Gasteiger partial charge in [-0.1, -0.05) is 39.3 Å². The Hall–Kier alpha value is -0.420. The first kappa shape index (κ1) is 21.1. The van der Waals surface area contributed by atoms with Gasteiger partial charge in [0.15, 0.2) is 5.79 Å². The SMILES string of the molecule is CC1CC[C@@]2(OC1)O[C@H]1C[C@H]3[C@@H]4CC=C5CC(O)[C@H](O)C[C@]5(C)[C@H]4CC[C@]3(C)[C@H]1[C@@H]2C. The first-order valence-corrected chi connectivity index (χ1v) is 13.1. The highest BCUT2D eigenvalue weighted by Gasteiger charge is 2.68. The molecule has 6 aliphatic rings. The van der Waals surface area contributed by atoms with E-state index < -0.39 is 12.2 Å². The van der Waals surface area contributed by atoms with Crippen molar-refractivity contribution in [3.05, 3.63) is 11.6 Å². The van der Waals surface area contributed by atoms with Crippen molar-refractivity contribution in [3.63, 3.8) is 0 Å². The van der Waals surface area contributed by atoms with Gasteiger partial charge in [-0.2, -0.15) is 0 Å². The van der Waals surface area contributed by atoms with Gasteiger partial charge in [0.05, 0.1) is 24.9 Å². The van der Waals surface area contributed by atoms with Crippen molar-refractivity contribution >= 4 is 0 Å². The molecule has 5 fully saturated rings. The van der Waals surface area contributed by atoms with Crippen LogP contribution in [-0.4, -0.2) is 40.9 Å². The number of hydrogen-bond acceptors (Lipinski definition) is 4. The van der Waals surface area contributed by atoms with Crippen molar-refractivity contribution in [2.75, 3.05) is 6.61 Å². The number of fused-ring (bicyclic) bond motifs is 7. The predicted octanol–water partition coefficient (Wildman–Crippen LogP) is 4.68. The molecule has 2 unspecified atom stereocenters. The molecule has 4 aliphatic carbocycles. The first-order chi connectivity index (χ1) is 14.7. The van der Waals surface area contributed by atoms with Crippen LogP contribution in [0.25, 0.3) is 0 Å². The number of ether oxygens (including phenoxy) is 2. The van der Waals surface area contributed by atoms with E-state index in [1.54, 1.807) is 0 Å². The second-order valence-corrected chi connectivity index (χ2v) is 12.8. The van der Waals surface area contributed by atoms with Crippen molar-refractivity contribution in [1.82, 2.24) is 0 Å². The van der Waals surface area contributed by atoms with E-state index in [0.29, 0.717) is 53.4 Å². The molecule has 0 aromatic rings. The van der Waals surface area contributed by atoms with Crippen LogP contribution in [-0.2, 0) is 9.47 Å². The van der Waals surface area contributed by atoms with Gasteiger partial charge in [-0.05, 0) is 85.4 Å². The third-order valence-electron chi connectivity index (χ3n) is 11.4. The Morgan fingerprint density at radius 1 is 1.03 bits per heavy atom. The summed E-state index contributed by atoms with van der Waals surface area (Å²) in [6, 6.07) is 0. The van der Waals surface area contributed by atoms with Crippen molar-refractivity contribution in [2.45, 2.75) is 103 Å². The van der Waals surface area contributed by atoms with Crippen LogP contribution in [0.2, 0.25) is 0 Å². The molecule has 3 saturated carbocycles. The summed E-state index contributed by atoms with van der Waals surface area (Å²) in [4.78, 5) is 0. The quantitative estimate of drug-likeness (QED) is 0.548. The van der Waals surface area contributed by atoms with Crippen LogP contribution >= 0.6 is 0 Å². The van der Waals surface area contributed by atoms with Gasteiger partial charge in [-0.25, -0.2) is 0 Å². The summed E-state index contributed by atoms with van der Waals surface area (Å²) in [5, 5.41) is 20.8. The molecular weight excluding hydrogens is 388 g/mol. The fourth-order valence-corrected chi connectivity index (χ4v) is 9.71. The molecule has 4 heteroatoms. The fourth-order valence-electron chi connectivity index (χ4n) is 9.71. The molecule has 2 saturated heterocycles. The average molecular weight is 431 g/mol. The average Bonchev–Trinajstić information content (AvgIpc) is 3.16. The Labute approximate surface area is 187 Å². The van der Waals surface area contributed by atoms with Gasteiger partial charge < -0.3 is 19.7 Å². The molecule has 12 atom stereocenters. The molecule has 0 aromatic carbocycles. The standard InChI is InChI=1S/C27H42O4/c1-15-7-10-27(30-14-15)16(2)24-23(31-27)12-20-18-6-5-17-11-21(28)22(29)13-26(17,4)19(18)8-9-25(20,24)3/h5,15-16,18-24,28-29H,6-14H2,1-4H3/t15?,16-,18+,19-,20-,21?,22+,23-,24-,25-,26-,27+/m0/s1. The topological polar surface area (TPSA) is 58.9 Å². The van der Waals surface area contributed by atoms with Crippen molar-refractivity contribution in [2.24, 2.45) is 46.3 Å². The first-order valence-electron chi connectivity index (χ1n) is 13.1. The van der Waals surface area contributed by atoms with Crippen LogP contribution < -0.4 is 0 Å². The molecule has 1 spiro atoms. The van der Waals surface area contributed by atoms with Gasteiger partial charge in [-0.3, -0.25) is 0 Å². The lowest BCUT2D eigenvalue weighted by Crippen LogP contribution is -2.54. The van der Waals surface area contributed by atoms with Gasteiger partial charge in [0.25, 0.3) is 0 Å². The molecule has 0 radical (unpaired) electrons. The highest BCUT2D eigenvalue weighted by molar-refractivity contribution is 5.27. The zero-order valence-corrected chi connectivity index (χ0v) is 19.8. The normalized spacial score (nSPS) is 60.7. The molecule has 174 valence electrons. The molecule has 0 amide bonds. The number of aliphatic hydroxyl groups is 2. The van der Waals surface area contributed by atoms with Crippen molar-refractivity contribution in [3.8, 4) is 0 Å². The van der Waals surface area contributed by atoms with Crippen LogP contribution in [0, 0.1) is 46.3 Å². The van der Waals surface area contributed by atoms with Gasteiger partial charge >= 0.3 is 0 Å². The van der Waals surface area contributed by atoms with E-state index in [1.807, 2.05) is 0 Å². The lowest BCUT2D eigenvalue weighted by atomic mass is 9.46. The van der Waals surface area contributed by atoms with Gasteiger partial charge in [0.1, 0.15) is 0 Å². The Kier molecular flexibility index (Phi) is 4.64. The lowest BCUT2D eigenvalue weighted by Gasteiger charge is -2.59. The zero-order valence-electron chi connectivity index (χ0n) is 19.8. The Bertz CT molecular complexity index is 769. The number of rotatable bonds is 0. The number of hydrogen-bond donors (Lipinski definition) is 2. The highest BCUT2D eigenvalue weighted by Crippen LogP contribution is 2.70. The summed E-state index contributed by atoms with van der Waals surface area (Å²) in [5.41, 5.74) is 1.80. The largest absolute Gasteiger partial charge is 0.390 e. The molecule has 2 heterocycles. The summed E-state index contributed by atoms with van der Waals surface area (Å²) in [5.74, 6) is 3.39. The molecular formula is C27H42O4. The van der Waals surface area contributed by atoms with E-state index in [-0.39, 0.29) is 11.2 Å². The summed E-state index contributed by atoms with van der Waals surface area (Å²) in [7, 11) is 0. The smallest absolute Gasteiger partial charge is 0.171 e. The Morgan fingerprint density at radius 3 is 2.58 bits per heavy atom. The molecule has 6 rings (SSSR count). The monoisotopic (exact) mass is 430 g/mol. The molecule has 2 aliphatic heterocycles. The Balaban J connectivity index is 1.28. The van der Waals surface area contributed by atoms with E-state index in [9.17, 15) is 10.2 Å². The minimum Gasteiger partial charge on any atom is -0.390 e. The van der Waals surface area contributed by atoms with Crippen LogP contribution in [0.1, 0.15) is 79.1 Å². The molecule has 2 N–H and O–H groups in total. The maximum atomic E-state index is 10.5. The minimum atomic E-state index is -0.584. The molecule has 0 bridgehead atoms. The van der Waals surface area contributed by atoms with Crippen LogP contribution in [0.5, 0.6) is 0 Å². The highest BCUT2D eigenvalue weighted by atomic mass is 16.7. The molecule has 4 nitrogen and oxygen atoms in total. The van der Waals surface area contributed by atoms with E-state index in [4.69, 9.17) is 9.47 Å². The summed E-state index contributed by atoms with van der Waals surface area (Å²) in [6.45, 7) is 10.5. The van der Waals surface area contributed by atoms with Gasteiger partial charge in [-0.15, -0.1) is 0 Å². The predicted molar refractivity (Wildman–Crippen MR) is 119 cm³/mol. The molecule has 0 aromatic heterocycles. The van der Waals surface area contributed by atoms with Crippen molar-refractivity contribution in [1.29, 1.82) is 0 Å². The zero-order chi connectivity index (χ0) is 21.8. The second-order valence-electron chi connectivity index (χ2n) is 12.8. The summed E-state index contributed by atoms with van der Waals surface area (Å²) in [6.07, 6.45) is 10.1. The second kappa shape index (κ2) is 6.81. The maximum absolute atomic E-state index is 10.5. The number of allylic oxidation sites excluding steroid dienone is 1. The van der Waals surface area contributed by atoms with E-state index in [1.165, 1.54) is 31.3 Å². The van der Waals surface area contributed by atoms with Crippen LogP contribution in [0.15, 0.2) is 11.6 Å². The lowest BCUT2D eigenvalue weighted by molar-refractivity contribution is -0.272. The fraction of sp³-hybridized carbons (Fsp3) is 0.926. The molecule has 31 heavy (non-hydrogen) atoms. The maximum Gasteiger partial charge on any atom is 0.171 e. The van der Waals surface area contributed by atoms with E-state index in [0.717, 1.165) is 25.9 Å². The van der Waals surface area contributed by atoms with Gasteiger partial charge in [0, 0.05) is 12.3 Å². The number of aliphatic hydroxyl groups excluding tert-OH is 2. The van der Waals surface area contributed by atoms with E-state index in [2.05, 4.69) is 33.8 Å². The summed E-state index contributed by atoms with van der Waals surface area (Å²) < 4.78 is 13.3. The summed E-state index contributed by atoms with van der Waals surface area (Å²) >= 11 is 0. The Morgan fingerprint density at radius 2 is 1.84 bits per heavy atom. The van der Waals surface area contributed by atoms with Crippen LogP contribution in [0.4, 0.5) is 0 Å². The van der Waals surface area contributed by atoms with Gasteiger partial charge in [0.2, 0.25) is 0 Å².